The van der Waals surface area contributed by atoms with Crippen molar-refractivity contribution in [2.24, 2.45) is 0 Å². The predicted molar refractivity (Wildman–Crippen MR) is 123 cm³/mol. The van der Waals surface area contributed by atoms with E-state index in [0.29, 0.717) is 29.6 Å². The number of benzene rings is 2. The van der Waals surface area contributed by atoms with Crippen LogP contribution < -0.4 is 10.1 Å². The molecule has 8 nitrogen and oxygen atoms in total. The molecule has 2 aromatic carbocycles. The molecule has 9 heteroatoms. The van der Waals surface area contributed by atoms with E-state index >= 15 is 0 Å². The van der Waals surface area contributed by atoms with Crippen LogP contribution in [0.15, 0.2) is 58.2 Å². The van der Waals surface area contributed by atoms with Crippen LogP contribution >= 0.6 is 15.9 Å². The number of fused-ring (bicyclic) bond motifs is 1. The Labute approximate surface area is 194 Å². The van der Waals surface area contributed by atoms with Crippen LogP contribution in [0.4, 0.5) is 5.95 Å². The van der Waals surface area contributed by atoms with Crippen LogP contribution in [0.25, 0.3) is 0 Å². The van der Waals surface area contributed by atoms with E-state index in [4.69, 9.17) is 9.47 Å². The Morgan fingerprint density at radius 3 is 2.66 bits per heavy atom. The summed E-state index contributed by atoms with van der Waals surface area (Å²) < 4.78 is 14.2. The van der Waals surface area contributed by atoms with Gasteiger partial charge in [-0.3, -0.25) is 0 Å². The summed E-state index contributed by atoms with van der Waals surface area (Å²) in [6.07, 6.45) is -0.265. The number of aromatic nitrogens is 4. The summed E-state index contributed by atoms with van der Waals surface area (Å²) in [5.41, 5.74) is 4.04. The molecule has 1 aliphatic heterocycles. The molecule has 0 spiro atoms. The second-order valence-corrected chi connectivity index (χ2v) is 8.84. The first-order valence-electron chi connectivity index (χ1n) is 10.3. The number of rotatable bonds is 6. The van der Waals surface area contributed by atoms with E-state index in [-0.39, 0.29) is 6.10 Å². The molecule has 0 aliphatic carbocycles. The Bertz CT molecular complexity index is 1170. The lowest BCUT2D eigenvalue weighted by Gasteiger charge is -2.29. The number of tetrazole rings is 1. The number of esters is 1. The molecule has 1 unspecified atom stereocenters. The van der Waals surface area contributed by atoms with Gasteiger partial charge in [-0.1, -0.05) is 50.9 Å². The third-order valence-electron chi connectivity index (χ3n) is 5.06. The zero-order valence-corrected chi connectivity index (χ0v) is 19.9. The largest absolute Gasteiger partial charge is 0.489 e. The maximum atomic E-state index is 13.1. The minimum atomic E-state index is -0.613. The number of aryl methyl sites for hydroxylation is 1. The normalized spacial score (nSPS) is 15.4. The van der Waals surface area contributed by atoms with E-state index in [2.05, 4.69) is 36.8 Å². The standard InChI is InChI=1S/C23H24BrN5O3/c1-13(2)32-22(30)20-15(4)25-23-26-27-28-29(23)21(20)18-11-17(24)9-10-19(18)31-12-16-7-5-14(3)6-8-16/h5-11,13,21H,12H2,1-4H3,(H,25,26,28). The smallest absolute Gasteiger partial charge is 0.338 e. The second-order valence-electron chi connectivity index (χ2n) is 7.92. The van der Waals surface area contributed by atoms with Crippen molar-refractivity contribution < 1.29 is 14.3 Å². The highest BCUT2D eigenvalue weighted by Gasteiger charge is 2.37. The van der Waals surface area contributed by atoms with Gasteiger partial charge in [0.25, 0.3) is 0 Å². The van der Waals surface area contributed by atoms with Crippen molar-refractivity contribution >= 4 is 27.8 Å². The van der Waals surface area contributed by atoms with Crippen molar-refractivity contribution in [3.63, 3.8) is 0 Å². The third kappa shape index (κ3) is 4.52. The van der Waals surface area contributed by atoms with Crippen LogP contribution in [0.5, 0.6) is 5.75 Å². The van der Waals surface area contributed by atoms with Crippen molar-refractivity contribution in [2.75, 3.05) is 5.32 Å². The summed E-state index contributed by atoms with van der Waals surface area (Å²) >= 11 is 3.55. The molecule has 0 amide bonds. The molecule has 1 atom stereocenters. The van der Waals surface area contributed by atoms with Crippen LogP contribution in [0, 0.1) is 6.92 Å². The number of nitrogens with one attached hydrogen (secondary N) is 1. The van der Waals surface area contributed by atoms with Crippen LogP contribution in [0.2, 0.25) is 0 Å². The molecule has 0 saturated heterocycles. The Kier molecular flexibility index (Phi) is 6.27. The zero-order valence-electron chi connectivity index (χ0n) is 18.3. The Hall–Kier alpha value is -3.20. The van der Waals surface area contributed by atoms with Crippen molar-refractivity contribution in [3.05, 3.63) is 74.9 Å². The number of ether oxygens (including phenoxy) is 2. The molecule has 4 rings (SSSR count). The fourth-order valence-corrected chi connectivity index (χ4v) is 3.93. The van der Waals surface area contributed by atoms with E-state index in [1.165, 1.54) is 5.56 Å². The molecule has 1 aliphatic rings. The molecule has 0 fully saturated rings. The molecule has 0 saturated carbocycles. The van der Waals surface area contributed by atoms with Gasteiger partial charge in [0.2, 0.25) is 5.95 Å². The average molecular weight is 498 g/mol. The summed E-state index contributed by atoms with van der Waals surface area (Å²) in [6, 6.07) is 13.3. The van der Waals surface area contributed by atoms with E-state index in [0.717, 1.165) is 15.6 Å². The molecule has 0 radical (unpaired) electrons. The van der Waals surface area contributed by atoms with Crippen molar-refractivity contribution in [1.82, 2.24) is 20.2 Å². The molecule has 2 heterocycles. The van der Waals surface area contributed by atoms with Crippen LogP contribution in [-0.4, -0.2) is 32.3 Å². The lowest BCUT2D eigenvalue weighted by atomic mass is 9.95. The Balaban J connectivity index is 1.76. The van der Waals surface area contributed by atoms with E-state index in [1.807, 2.05) is 70.2 Å². The van der Waals surface area contributed by atoms with Crippen LogP contribution in [0.3, 0.4) is 0 Å². The SMILES string of the molecule is CC1=C(C(=O)OC(C)C)C(c2cc(Br)ccc2OCc2ccc(C)cc2)n2nnnc2N1. The van der Waals surface area contributed by atoms with Gasteiger partial charge < -0.3 is 14.8 Å². The fraction of sp³-hybridized carbons (Fsp3) is 0.304. The highest BCUT2D eigenvalue weighted by atomic mass is 79.9. The lowest BCUT2D eigenvalue weighted by Crippen LogP contribution is -2.31. The van der Waals surface area contributed by atoms with E-state index in [9.17, 15) is 4.79 Å². The molecule has 32 heavy (non-hydrogen) atoms. The van der Waals surface area contributed by atoms with Gasteiger partial charge in [-0.05, 0) is 61.9 Å². The minimum Gasteiger partial charge on any atom is -0.489 e. The van der Waals surface area contributed by atoms with Crippen molar-refractivity contribution in [3.8, 4) is 5.75 Å². The molecule has 0 bridgehead atoms. The van der Waals surface area contributed by atoms with Gasteiger partial charge in [0, 0.05) is 15.7 Å². The summed E-state index contributed by atoms with van der Waals surface area (Å²) in [7, 11) is 0. The number of carbonyl (C=O) groups excluding carboxylic acids is 1. The van der Waals surface area contributed by atoms with Gasteiger partial charge in [0.1, 0.15) is 18.4 Å². The maximum Gasteiger partial charge on any atom is 0.338 e. The van der Waals surface area contributed by atoms with E-state index in [1.54, 1.807) is 4.68 Å². The lowest BCUT2D eigenvalue weighted by molar-refractivity contribution is -0.143. The number of halogens is 1. The van der Waals surface area contributed by atoms with Crippen LogP contribution in [0.1, 0.15) is 43.5 Å². The second kappa shape index (κ2) is 9.12. The van der Waals surface area contributed by atoms with Gasteiger partial charge >= 0.3 is 5.97 Å². The summed E-state index contributed by atoms with van der Waals surface area (Å²) in [5, 5.41) is 15.1. The minimum absolute atomic E-state index is 0.265. The number of nitrogens with zero attached hydrogens (tertiary/aromatic N) is 4. The van der Waals surface area contributed by atoms with E-state index < -0.39 is 12.0 Å². The highest BCUT2D eigenvalue weighted by Crippen LogP contribution is 2.40. The molecule has 166 valence electrons. The molecular formula is C23H24BrN5O3. The highest BCUT2D eigenvalue weighted by molar-refractivity contribution is 9.10. The first-order valence-corrected chi connectivity index (χ1v) is 11.1. The Morgan fingerprint density at radius 2 is 1.94 bits per heavy atom. The first-order chi connectivity index (χ1) is 15.3. The maximum absolute atomic E-state index is 13.1. The quantitative estimate of drug-likeness (QED) is 0.498. The van der Waals surface area contributed by atoms with Crippen LogP contribution in [-0.2, 0) is 16.1 Å². The van der Waals surface area contributed by atoms with Gasteiger partial charge in [-0.2, -0.15) is 4.68 Å². The number of allylic oxidation sites excluding steroid dienone is 1. The average Bonchev–Trinajstić information content (AvgIpc) is 3.20. The molecule has 3 aromatic rings. The van der Waals surface area contributed by atoms with Crippen molar-refractivity contribution in [2.45, 2.75) is 46.4 Å². The third-order valence-corrected chi connectivity index (χ3v) is 5.55. The van der Waals surface area contributed by atoms with Gasteiger partial charge in [-0.25, -0.2) is 4.79 Å². The Morgan fingerprint density at radius 1 is 1.19 bits per heavy atom. The van der Waals surface area contributed by atoms with Gasteiger partial charge in [0.05, 0.1) is 11.7 Å². The topological polar surface area (TPSA) is 91.2 Å². The van der Waals surface area contributed by atoms with Gasteiger partial charge in [-0.15, -0.1) is 0 Å². The molecule has 1 aromatic heterocycles. The van der Waals surface area contributed by atoms with Gasteiger partial charge in [0.15, 0.2) is 0 Å². The molecule has 1 N–H and O–H groups in total. The monoisotopic (exact) mass is 497 g/mol. The summed E-state index contributed by atoms with van der Waals surface area (Å²) in [6.45, 7) is 7.88. The number of hydrogen-bond acceptors (Lipinski definition) is 7. The molecular weight excluding hydrogens is 474 g/mol. The number of anilines is 1. The zero-order chi connectivity index (χ0) is 22.8. The summed E-state index contributed by atoms with van der Waals surface area (Å²) in [4.78, 5) is 13.1. The first kappa shape index (κ1) is 22.0. The number of hydrogen-bond donors (Lipinski definition) is 1. The predicted octanol–water partition coefficient (Wildman–Crippen LogP) is 4.56. The van der Waals surface area contributed by atoms with Crippen molar-refractivity contribution in [1.29, 1.82) is 0 Å². The summed E-state index contributed by atoms with van der Waals surface area (Å²) in [5.74, 6) is 0.642. The fourth-order valence-electron chi connectivity index (χ4n) is 3.55. The number of carbonyl (C=O) groups is 1.